The molecule has 3 aromatic carbocycles. The van der Waals surface area contributed by atoms with Crippen molar-refractivity contribution in [2.45, 2.75) is 26.2 Å². The van der Waals surface area contributed by atoms with Gasteiger partial charge in [-0.15, -0.1) is 0 Å². The SMILES string of the molecule is CC(C)(C)c1ccc(C(=O)NC(=S)Nc2ccc(N3CCN(C(=O)c4cc5ccccc5o4)CC3)cc2)cc1. The topological polar surface area (TPSA) is 77.8 Å². The smallest absolute Gasteiger partial charge is 0.289 e. The largest absolute Gasteiger partial charge is 0.451 e. The van der Waals surface area contributed by atoms with Crippen molar-refractivity contribution in [1.82, 2.24) is 10.2 Å². The minimum Gasteiger partial charge on any atom is -0.451 e. The van der Waals surface area contributed by atoms with Gasteiger partial charge in [-0.25, -0.2) is 0 Å². The molecule has 2 heterocycles. The molecule has 1 aromatic heterocycles. The second-order valence-corrected chi connectivity index (χ2v) is 11.1. The van der Waals surface area contributed by atoms with Crippen molar-refractivity contribution in [1.29, 1.82) is 0 Å². The van der Waals surface area contributed by atoms with Crippen LogP contribution in [0.25, 0.3) is 11.0 Å². The van der Waals surface area contributed by atoms with Crippen molar-refractivity contribution in [2.24, 2.45) is 0 Å². The molecule has 1 saturated heterocycles. The monoisotopic (exact) mass is 540 g/mol. The van der Waals surface area contributed by atoms with E-state index in [1.807, 2.05) is 83.8 Å². The number of rotatable bonds is 4. The number of nitrogens with one attached hydrogen (secondary N) is 2. The molecular formula is C31H32N4O3S. The van der Waals surface area contributed by atoms with Gasteiger partial charge in [0.1, 0.15) is 5.58 Å². The van der Waals surface area contributed by atoms with Gasteiger partial charge in [-0.2, -0.15) is 0 Å². The van der Waals surface area contributed by atoms with E-state index in [1.165, 1.54) is 5.56 Å². The molecule has 0 atom stereocenters. The van der Waals surface area contributed by atoms with E-state index in [0.29, 0.717) is 24.4 Å². The zero-order chi connectivity index (χ0) is 27.6. The third kappa shape index (κ3) is 6.12. The van der Waals surface area contributed by atoms with Crippen LogP contribution in [0.5, 0.6) is 0 Å². The van der Waals surface area contributed by atoms with E-state index in [1.54, 1.807) is 0 Å². The maximum absolute atomic E-state index is 12.9. The molecule has 0 radical (unpaired) electrons. The second kappa shape index (κ2) is 10.9. The average Bonchev–Trinajstić information content (AvgIpc) is 3.37. The molecule has 0 bridgehead atoms. The van der Waals surface area contributed by atoms with E-state index < -0.39 is 0 Å². The van der Waals surface area contributed by atoms with Crippen LogP contribution in [0.2, 0.25) is 0 Å². The Hall–Kier alpha value is -4.17. The number of thiocarbonyl (C=S) groups is 1. The summed E-state index contributed by atoms with van der Waals surface area (Å²) in [5.74, 6) is 0.0517. The first-order valence-electron chi connectivity index (χ1n) is 13.0. The van der Waals surface area contributed by atoms with Gasteiger partial charge in [0.05, 0.1) is 0 Å². The summed E-state index contributed by atoms with van der Waals surface area (Å²) in [6.07, 6.45) is 0. The fraction of sp³-hybridized carbons (Fsp3) is 0.258. The van der Waals surface area contributed by atoms with Gasteiger partial charge in [0, 0.05) is 48.5 Å². The van der Waals surface area contributed by atoms with Crippen LogP contribution < -0.4 is 15.5 Å². The highest BCUT2D eigenvalue weighted by Crippen LogP contribution is 2.24. The summed E-state index contributed by atoms with van der Waals surface area (Å²) in [5.41, 5.74) is 4.32. The third-order valence-electron chi connectivity index (χ3n) is 6.93. The molecule has 1 fully saturated rings. The van der Waals surface area contributed by atoms with Crippen molar-refractivity contribution in [3.05, 3.63) is 95.7 Å². The van der Waals surface area contributed by atoms with Crippen LogP contribution in [0.15, 0.2) is 83.3 Å². The normalized spacial score (nSPS) is 13.8. The fourth-order valence-electron chi connectivity index (χ4n) is 4.63. The first-order valence-corrected chi connectivity index (χ1v) is 13.4. The Kier molecular flexibility index (Phi) is 7.39. The highest BCUT2D eigenvalue weighted by Gasteiger charge is 2.25. The van der Waals surface area contributed by atoms with Crippen molar-refractivity contribution < 1.29 is 14.0 Å². The molecule has 1 aliphatic heterocycles. The van der Waals surface area contributed by atoms with Crippen LogP contribution in [0.1, 0.15) is 47.2 Å². The number of amides is 2. The third-order valence-corrected chi connectivity index (χ3v) is 7.14. The molecule has 1 aliphatic rings. The van der Waals surface area contributed by atoms with Crippen LogP contribution in [0, 0.1) is 0 Å². The van der Waals surface area contributed by atoms with Gasteiger partial charge in [0.25, 0.3) is 11.8 Å². The Labute approximate surface area is 233 Å². The Morgan fingerprint density at radius 2 is 1.54 bits per heavy atom. The first kappa shape index (κ1) is 26.4. The number of carbonyl (C=O) groups excluding carboxylic acids is 2. The van der Waals surface area contributed by atoms with E-state index in [9.17, 15) is 9.59 Å². The Morgan fingerprint density at radius 3 is 2.18 bits per heavy atom. The van der Waals surface area contributed by atoms with Crippen LogP contribution in [-0.2, 0) is 5.41 Å². The number of para-hydroxylation sites is 1. The lowest BCUT2D eigenvalue weighted by atomic mass is 9.87. The predicted octanol–water partition coefficient (Wildman–Crippen LogP) is 5.82. The molecule has 8 heteroatoms. The molecule has 0 unspecified atom stereocenters. The second-order valence-electron chi connectivity index (χ2n) is 10.7. The first-order chi connectivity index (χ1) is 18.7. The number of carbonyl (C=O) groups is 2. The highest BCUT2D eigenvalue weighted by molar-refractivity contribution is 7.80. The quantitative estimate of drug-likeness (QED) is 0.318. The summed E-state index contributed by atoms with van der Waals surface area (Å²) in [5, 5.41) is 6.99. The van der Waals surface area contributed by atoms with Gasteiger partial charge < -0.3 is 19.5 Å². The molecule has 39 heavy (non-hydrogen) atoms. The van der Waals surface area contributed by atoms with Gasteiger partial charge in [-0.3, -0.25) is 14.9 Å². The molecule has 4 aromatic rings. The summed E-state index contributed by atoms with van der Waals surface area (Å²) < 4.78 is 5.76. The number of nitrogens with zero attached hydrogens (tertiary/aromatic N) is 2. The number of benzene rings is 3. The van der Waals surface area contributed by atoms with Gasteiger partial charge in [0.2, 0.25) is 0 Å². The Bertz CT molecular complexity index is 1460. The van der Waals surface area contributed by atoms with E-state index >= 15 is 0 Å². The summed E-state index contributed by atoms with van der Waals surface area (Å²) in [7, 11) is 0. The van der Waals surface area contributed by atoms with Gasteiger partial charge in [-0.1, -0.05) is 51.1 Å². The number of hydrogen-bond donors (Lipinski definition) is 2. The van der Waals surface area contributed by atoms with Crippen LogP contribution in [0.4, 0.5) is 11.4 Å². The lowest BCUT2D eigenvalue weighted by Crippen LogP contribution is -2.48. The lowest BCUT2D eigenvalue weighted by molar-refractivity contribution is 0.0717. The fourth-order valence-corrected chi connectivity index (χ4v) is 4.84. The standard InChI is InChI=1S/C31H32N4O3S/c1-31(2,3)23-10-8-21(9-11-23)28(36)33-30(39)32-24-12-14-25(15-13-24)34-16-18-35(19-17-34)29(37)27-20-22-6-4-5-7-26(22)38-27/h4-15,20H,16-19H2,1-3H3,(H2,32,33,36,39). The molecule has 7 nitrogen and oxygen atoms in total. The summed E-state index contributed by atoms with van der Waals surface area (Å²) in [6.45, 7) is 9.08. The number of piperazine rings is 1. The molecule has 2 amide bonds. The number of furan rings is 1. The van der Waals surface area contributed by atoms with Gasteiger partial charge >= 0.3 is 0 Å². The molecule has 0 spiro atoms. The summed E-state index contributed by atoms with van der Waals surface area (Å²) in [6, 6.07) is 24.9. The maximum Gasteiger partial charge on any atom is 0.289 e. The van der Waals surface area contributed by atoms with Crippen LogP contribution in [-0.4, -0.2) is 48.0 Å². The summed E-state index contributed by atoms with van der Waals surface area (Å²) >= 11 is 5.36. The molecule has 200 valence electrons. The van der Waals surface area contributed by atoms with Crippen molar-refractivity contribution in [3.8, 4) is 0 Å². The maximum atomic E-state index is 12.9. The van der Waals surface area contributed by atoms with E-state index in [4.69, 9.17) is 16.6 Å². The zero-order valence-electron chi connectivity index (χ0n) is 22.4. The van der Waals surface area contributed by atoms with Crippen molar-refractivity contribution in [3.63, 3.8) is 0 Å². The average molecular weight is 541 g/mol. The zero-order valence-corrected chi connectivity index (χ0v) is 23.2. The van der Waals surface area contributed by atoms with E-state index in [-0.39, 0.29) is 22.3 Å². The van der Waals surface area contributed by atoms with E-state index in [2.05, 4.69) is 36.3 Å². The number of anilines is 2. The Balaban J connectivity index is 1.12. The molecular weight excluding hydrogens is 508 g/mol. The highest BCUT2D eigenvalue weighted by atomic mass is 32.1. The molecule has 2 N–H and O–H groups in total. The van der Waals surface area contributed by atoms with E-state index in [0.717, 1.165) is 35.4 Å². The molecule has 0 saturated carbocycles. The van der Waals surface area contributed by atoms with Crippen molar-refractivity contribution in [2.75, 3.05) is 36.4 Å². The lowest BCUT2D eigenvalue weighted by Gasteiger charge is -2.35. The van der Waals surface area contributed by atoms with Crippen molar-refractivity contribution >= 4 is 51.5 Å². The molecule has 0 aliphatic carbocycles. The van der Waals surface area contributed by atoms with Crippen LogP contribution >= 0.6 is 12.2 Å². The predicted molar refractivity (Wildman–Crippen MR) is 160 cm³/mol. The van der Waals surface area contributed by atoms with Gasteiger partial charge in [0.15, 0.2) is 10.9 Å². The van der Waals surface area contributed by atoms with Gasteiger partial charge in [-0.05, 0) is 71.7 Å². The number of hydrogen-bond acceptors (Lipinski definition) is 5. The number of fused-ring (bicyclic) bond motifs is 1. The minimum atomic E-state index is -0.250. The molecule has 5 rings (SSSR count). The Morgan fingerprint density at radius 1 is 0.872 bits per heavy atom. The summed E-state index contributed by atoms with van der Waals surface area (Å²) in [4.78, 5) is 29.6. The minimum absolute atomic E-state index is 0.0263. The van der Waals surface area contributed by atoms with Crippen LogP contribution in [0.3, 0.4) is 0 Å².